The van der Waals surface area contributed by atoms with Crippen molar-refractivity contribution < 1.29 is 19.0 Å². The normalized spacial score (nSPS) is 18.1. The minimum atomic E-state index is -1.65. The molecule has 1 aliphatic rings. The van der Waals surface area contributed by atoms with Gasteiger partial charge in [-0.15, -0.1) is 0 Å². The molecule has 1 aromatic carbocycles. The van der Waals surface area contributed by atoms with Gasteiger partial charge in [-0.1, -0.05) is 25.1 Å². The van der Waals surface area contributed by atoms with E-state index in [4.69, 9.17) is 13.9 Å². The van der Waals surface area contributed by atoms with Crippen LogP contribution >= 0.6 is 0 Å². The van der Waals surface area contributed by atoms with Gasteiger partial charge in [0.15, 0.2) is 11.5 Å². The van der Waals surface area contributed by atoms with Crippen LogP contribution in [0.2, 0.25) is 0 Å². The molecule has 0 saturated carbocycles. The zero-order chi connectivity index (χ0) is 24.9. The van der Waals surface area contributed by atoms with Crippen molar-refractivity contribution in [2.75, 3.05) is 0 Å². The molecule has 34 heavy (non-hydrogen) atoms. The third-order valence-electron chi connectivity index (χ3n) is 5.66. The van der Waals surface area contributed by atoms with Crippen LogP contribution in [0.5, 0.6) is 11.9 Å². The number of aromatic nitrogens is 3. The molecular weight excluding hydrogens is 430 g/mol. The summed E-state index contributed by atoms with van der Waals surface area (Å²) in [5, 5.41) is 12.6. The minimum absolute atomic E-state index is 0.186. The first-order valence-electron chi connectivity index (χ1n) is 11.9. The standard InChI is InChI=1S/C27H35N3O4/c1-9-17-10-12-19-18(14-17)11-13-21-22(29-16(2)32-21)27(19,31)20-15-28-24(34-26(6,7)8)30-23(20)33-25(3,4)5/h10,12,14-15,31H,9,11,13H2,1-8H3. The summed E-state index contributed by atoms with van der Waals surface area (Å²) in [7, 11) is 0. The Morgan fingerprint density at radius 1 is 1.00 bits per heavy atom. The van der Waals surface area contributed by atoms with Crippen LogP contribution in [0, 0.1) is 6.92 Å². The number of hydrogen-bond acceptors (Lipinski definition) is 7. The fraction of sp³-hybridized carbons (Fsp3) is 0.519. The molecule has 0 amide bonds. The molecule has 1 unspecified atom stereocenters. The van der Waals surface area contributed by atoms with E-state index in [0.29, 0.717) is 29.3 Å². The lowest BCUT2D eigenvalue weighted by molar-refractivity contribution is 0.0831. The molecule has 2 aromatic heterocycles. The molecule has 0 saturated heterocycles. The van der Waals surface area contributed by atoms with Gasteiger partial charge < -0.3 is 19.0 Å². The summed E-state index contributed by atoms with van der Waals surface area (Å²) in [6.45, 7) is 15.5. The van der Waals surface area contributed by atoms with Gasteiger partial charge in [0.2, 0.25) is 5.88 Å². The first-order valence-corrected chi connectivity index (χ1v) is 11.9. The van der Waals surface area contributed by atoms with E-state index >= 15 is 0 Å². The summed E-state index contributed by atoms with van der Waals surface area (Å²) >= 11 is 0. The molecule has 1 aliphatic carbocycles. The Bertz CT molecular complexity index is 1200. The first-order chi connectivity index (χ1) is 15.8. The summed E-state index contributed by atoms with van der Waals surface area (Å²) in [5.74, 6) is 1.41. The van der Waals surface area contributed by atoms with E-state index in [1.54, 1.807) is 13.1 Å². The van der Waals surface area contributed by atoms with Crippen LogP contribution in [-0.2, 0) is 24.9 Å². The average molecular weight is 466 g/mol. The van der Waals surface area contributed by atoms with Gasteiger partial charge in [-0.25, -0.2) is 9.97 Å². The van der Waals surface area contributed by atoms with E-state index in [0.717, 1.165) is 24.0 Å². The Morgan fingerprint density at radius 2 is 1.71 bits per heavy atom. The van der Waals surface area contributed by atoms with Crippen LogP contribution in [0.15, 0.2) is 28.8 Å². The maximum absolute atomic E-state index is 12.6. The zero-order valence-corrected chi connectivity index (χ0v) is 21.4. The van der Waals surface area contributed by atoms with Gasteiger partial charge in [0.05, 0.1) is 5.56 Å². The van der Waals surface area contributed by atoms with Crippen molar-refractivity contribution in [3.63, 3.8) is 0 Å². The minimum Gasteiger partial charge on any atom is -0.471 e. The van der Waals surface area contributed by atoms with Crippen molar-refractivity contribution >= 4 is 0 Å². The number of aryl methyl sites for hydroxylation is 4. The number of benzene rings is 1. The highest BCUT2D eigenvalue weighted by Crippen LogP contribution is 2.46. The highest BCUT2D eigenvalue weighted by atomic mass is 16.5. The van der Waals surface area contributed by atoms with Crippen LogP contribution in [0.25, 0.3) is 0 Å². The second-order valence-electron chi connectivity index (χ2n) is 10.9. The molecule has 0 bridgehead atoms. The fourth-order valence-corrected chi connectivity index (χ4v) is 4.29. The molecule has 182 valence electrons. The van der Waals surface area contributed by atoms with Gasteiger partial charge in [0, 0.05) is 19.5 Å². The van der Waals surface area contributed by atoms with E-state index in [9.17, 15) is 5.11 Å². The molecule has 7 heteroatoms. The lowest BCUT2D eigenvalue weighted by Crippen LogP contribution is -2.34. The SMILES string of the molecule is CCc1ccc2c(c1)CCc1oc(C)nc1C2(O)c1cnc(OC(C)(C)C)nc1OC(C)(C)C. The quantitative estimate of drug-likeness (QED) is 0.575. The zero-order valence-electron chi connectivity index (χ0n) is 21.4. The Kier molecular flexibility index (Phi) is 5.96. The Labute approximate surface area is 201 Å². The Hall–Kier alpha value is -2.93. The smallest absolute Gasteiger partial charge is 0.320 e. The molecule has 0 fully saturated rings. The van der Waals surface area contributed by atoms with Crippen LogP contribution in [0.3, 0.4) is 0 Å². The lowest BCUT2D eigenvalue weighted by atomic mass is 9.82. The summed E-state index contributed by atoms with van der Waals surface area (Å²) in [6, 6.07) is 6.37. The number of hydrogen-bond donors (Lipinski definition) is 1. The molecule has 0 aliphatic heterocycles. The number of fused-ring (bicyclic) bond motifs is 2. The van der Waals surface area contributed by atoms with Crippen molar-refractivity contribution in [2.45, 2.75) is 91.5 Å². The van der Waals surface area contributed by atoms with Crippen molar-refractivity contribution in [3.05, 3.63) is 64.0 Å². The molecular formula is C27H35N3O4. The third-order valence-corrected chi connectivity index (χ3v) is 5.66. The molecule has 0 spiro atoms. The van der Waals surface area contributed by atoms with Crippen molar-refractivity contribution in [1.82, 2.24) is 15.0 Å². The summed E-state index contributed by atoms with van der Waals surface area (Å²) in [6.07, 6.45) is 3.87. The summed E-state index contributed by atoms with van der Waals surface area (Å²) in [5.41, 5.74) is 1.16. The van der Waals surface area contributed by atoms with Crippen LogP contribution in [0.1, 0.15) is 88.1 Å². The first kappa shape index (κ1) is 24.2. The predicted octanol–water partition coefficient (Wildman–Crippen LogP) is 5.07. The molecule has 1 atom stereocenters. The van der Waals surface area contributed by atoms with Gasteiger partial charge in [-0.05, 0) is 71.1 Å². The second kappa shape index (κ2) is 8.38. The number of aliphatic hydroxyl groups is 1. The van der Waals surface area contributed by atoms with E-state index < -0.39 is 16.8 Å². The van der Waals surface area contributed by atoms with E-state index in [-0.39, 0.29) is 11.9 Å². The topological polar surface area (TPSA) is 90.5 Å². The maximum Gasteiger partial charge on any atom is 0.320 e. The van der Waals surface area contributed by atoms with Crippen LogP contribution < -0.4 is 9.47 Å². The summed E-state index contributed by atoms with van der Waals surface area (Å²) in [4.78, 5) is 13.7. The maximum atomic E-state index is 12.6. The molecule has 3 aromatic rings. The second-order valence-corrected chi connectivity index (χ2v) is 10.9. The number of oxazole rings is 1. The van der Waals surface area contributed by atoms with Gasteiger partial charge in [-0.3, -0.25) is 0 Å². The number of nitrogens with zero attached hydrogens (tertiary/aromatic N) is 3. The molecule has 4 rings (SSSR count). The highest BCUT2D eigenvalue weighted by molar-refractivity contribution is 5.54. The molecule has 7 nitrogen and oxygen atoms in total. The Balaban J connectivity index is 2.00. The number of ether oxygens (including phenoxy) is 2. The fourth-order valence-electron chi connectivity index (χ4n) is 4.29. The van der Waals surface area contributed by atoms with E-state index in [1.807, 2.05) is 53.7 Å². The Morgan fingerprint density at radius 3 is 2.35 bits per heavy atom. The van der Waals surface area contributed by atoms with Crippen LogP contribution in [0.4, 0.5) is 0 Å². The largest absolute Gasteiger partial charge is 0.471 e. The van der Waals surface area contributed by atoms with Crippen molar-refractivity contribution in [3.8, 4) is 11.9 Å². The molecule has 2 heterocycles. The van der Waals surface area contributed by atoms with Crippen molar-refractivity contribution in [1.29, 1.82) is 0 Å². The molecule has 0 radical (unpaired) electrons. The van der Waals surface area contributed by atoms with Gasteiger partial charge >= 0.3 is 6.01 Å². The van der Waals surface area contributed by atoms with Gasteiger partial charge in [0.1, 0.15) is 22.7 Å². The third kappa shape index (κ3) is 4.67. The monoisotopic (exact) mass is 465 g/mol. The highest BCUT2D eigenvalue weighted by Gasteiger charge is 2.46. The van der Waals surface area contributed by atoms with Gasteiger partial charge in [-0.2, -0.15) is 4.98 Å². The number of rotatable bonds is 4. The summed E-state index contributed by atoms with van der Waals surface area (Å²) < 4.78 is 18.1. The lowest BCUT2D eigenvalue weighted by Gasteiger charge is -2.32. The van der Waals surface area contributed by atoms with E-state index in [1.165, 1.54) is 5.56 Å². The van der Waals surface area contributed by atoms with Crippen molar-refractivity contribution in [2.24, 2.45) is 0 Å². The van der Waals surface area contributed by atoms with E-state index in [2.05, 4.69) is 27.9 Å². The van der Waals surface area contributed by atoms with Crippen LogP contribution in [-0.4, -0.2) is 31.3 Å². The van der Waals surface area contributed by atoms with Gasteiger partial charge in [0.25, 0.3) is 0 Å². The molecule has 1 N–H and O–H groups in total. The average Bonchev–Trinajstić information content (AvgIpc) is 3.05. The predicted molar refractivity (Wildman–Crippen MR) is 129 cm³/mol.